The summed E-state index contributed by atoms with van der Waals surface area (Å²) in [4.78, 5) is 0. The van der Waals surface area contributed by atoms with Crippen molar-refractivity contribution in [2.24, 2.45) is 0 Å². The van der Waals surface area contributed by atoms with Crippen LogP contribution in [0.2, 0.25) is 12.1 Å². The molecule has 1 heterocycles. The third-order valence-corrected chi connectivity index (χ3v) is 5.35. The second-order valence-electron chi connectivity index (χ2n) is 4.47. The molecule has 1 aliphatic heterocycles. The van der Waals surface area contributed by atoms with Gasteiger partial charge >= 0.3 is 18.0 Å². The molecule has 0 atom stereocenters. The monoisotopic (exact) mass is 311 g/mol. The van der Waals surface area contributed by atoms with Crippen molar-refractivity contribution in [3.05, 3.63) is 0 Å². The number of alkyl halides is 7. The van der Waals surface area contributed by atoms with E-state index in [2.05, 4.69) is 0 Å². The zero-order valence-corrected chi connectivity index (χ0v) is 11.0. The molecule has 1 nitrogen and oxygen atoms in total. The van der Waals surface area contributed by atoms with Gasteiger partial charge < -0.3 is 4.43 Å². The summed E-state index contributed by atoms with van der Waals surface area (Å²) in [7, 11) is -1.31. The van der Waals surface area contributed by atoms with Crippen LogP contribution in [0.4, 0.5) is 30.7 Å². The molecule has 0 amide bonds. The molecule has 113 valence electrons. The lowest BCUT2D eigenvalue weighted by Crippen LogP contribution is -2.51. The van der Waals surface area contributed by atoms with Crippen LogP contribution in [-0.2, 0) is 4.43 Å². The molecule has 0 unspecified atom stereocenters. The van der Waals surface area contributed by atoms with Crippen molar-refractivity contribution < 1.29 is 35.2 Å². The van der Waals surface area contributed by atoms with Crippen molar-refractivity contribution in [2.75, 3.05) is 6.61 Å². The largest absolute Gasteiger partial charge is 0.459 e. The maximum atomic E-state index is 13.0. The molecular weight excluding hydrogens is 297 g/mol. The van der Waals surface area contributed by atoms with Gasteiger partial charge in [-0.15, -0.1) is 0 Å². The van der Waals surface area contributed by atoms with E-state index in [0.717, 1.165) is 18.9 Å². The summed E-state index contributed by atoms with van der Waals surface area (Å²) in [6, 6.07) is 0.903. The minimum Gasteiger partial charge on any atom is -0.417 e. The summed E-state index contributed by atoms with van der Waals surface area (Å²) in [6.07, 6.45) is -6.32. The van der Waals surface area contributed by atoms with Crippen molar-refractivity contribution in [2.45, 2.75) is 55.8 Å². The Morgan fingerprint density at radius 1 is 0.947 bits per heavy atom. The van der Waals surface area contributed by atoms with Crippen LogP contribution >= 0.6 is 0 Å². The van der Waals surface area contributed by atoms with E-state index in [1.54, 1.807) is 0 Å². The van der Waals surface area contributed by atoms with E-state index in [4.69, 9.17) is 4.43 Å². The molecule has 1 rings (SSSR count). The van der Waals surface area contributed by atoms with E-state index >= 15 is 0 Å². The fraction of sp³-hybridized carbons (Fsp3) is 1.00. The van der Waals surface area contributed by atoms with Crippen molar-refractivity contribution in [1.29, 1.82) is 0 Å². The van der Waals surface area contributed by atoms with Gasteiger partial charge in [0.05, 0.1) is 0 Å². The molecule has 0 spiro atoms. The second kappa shape index (κ2) is 5.98. The Kier molecular flexibility index (Phi) is 5.27. The Hall–Kier alpha value is -0.313. The zero-order valence-electron chi connectivity index (χ0n) is 10.0. The number of hydrogen-bond donors (Lipinski definition) is 0. The topological polar surface area (TPSA) is 9.23 Å². The first-order chi connectivity index (χ1) is 8.58. The number of rotatable bonds is 5. The molecule has 0 aromatic heterocycles. The van der Waals surface area contributed by atoms with Crippen molar-refractivity contribution in [3.63, 3.8) is 0 Å². The molecule has 9 heteroatoms. The predicted octanol–water partition coefficient (Wildman–Crippen LogP) is 4.40. The van der Waals surface area contributed by atoms with Crippen molar-refractivity contribution in [1.82, 2.24) is 0 Å². The maximum Gasteiger partial charge on any atom is 0.459 e. The van der Waals surface area contributed by atoms with Crippen LogP contribution in [0.25, 0.3) is 0 Å². The molecular formula is C10H14F7OSi. The first-order valence-electron chi connectivity index (χ1n) is 5.88. The molecule has 0 aliphatic carbocycles. The third kappa shape index (κ3) is 4.07. The maximum absolute atomic E-state index is 13.0. The van der Waals surface area contributed by atoms with Gasteiger partial charge in [-0.3, -0.25) is 0 Å². The minimum absolute atomic E-state index is 0.175. The van der Waals surface area contributed by atoms with Gasteiger partial charge in [-0.25, -0.2) is 0 Å². The summed E-state index contributed by atoms with van der Waals surface area (Å²) in [6.45, 7) is 0.517. The molecule has 0 aromatic carbocycles. The quantitative estimate of drug-likeness (QED) is 0.540. The van der Waals surface area contributed by atoms with Crippen LogP contribution in [0.5, 0.6) is 0 Å². The first kappa shape index (κ1) is 16.7. The van der Waals surface area contributed by atoms with Gasteiger partial charge in [0.1, 0.15) is 0 Å². The van der Waals surface area contributed by atoms with E-state index in [-0.39, 0.29) is 12.5 Å². The Balaban J connectivity index is 2.45. The summed E-state index contributed by atoms with van der Waals surface area (Å²) >= 11 is 0. The lowest BCUT2D eigenvalue weighted by Gasteiger charge is -2.28. The Morgan fingerprint density at radius 3 is 2.05 bits per heavy atom. The molecule has 1 saturated heterocycles. The van der Waals surface area contributed by atoms with E-state index in [9.17, 15) is 30.7 Å². The molecule has 19 heavy (non-hydrogen) atoms. The molecule has 0 aromatic rings. The van der Waals surface area contributed by atoms with Crippen LogP contribution in [0.3, 0.4) is 0 Å². The minimum atomic E-state index is -6.23. The molecule has 1 aliphatic rings. The number of hydrogen-bond acceptors (Lipinski definition) is 1. The van der Waals surface area contributed by atoms with Gasteiger partial charge in [-0.2, -0.15) is 30.7 Å². The zero-order chi connectivity index (χ0) is 14.7. The average molecular weight is 311 g/mol. The van der Waals surface area contributed by atoms with Gasteiger partial charge in [0.15, 0.2) is 0 Å². The standard InChI is InChI=1S/C10H14F7OSi/c11-8(12,9(13,14)10(15,16)17)4-3-7-19-6-2-1-5-18-19/h1-7H2. The first-order valence-corrected chi connectivity index (χ1v) is 7.70. The van der Waals surface area contributed by atoms with Gasteiger partial charge in [-0.1, -0.05) is 6.42 Å². The van der Waals surface area contributed by atoms with Crippen LogP contribution in [-0.4, -0.2) is 33.7 Å². The van der Waals surface area contributed by atoms with Crippen molar-refractivity contribution >= 4 is 9.04 Å². The Bertz CT molecular complexity index is 286. The van der Waals surface area contributed by atoms with Crippen LogP contribution in [0, 0.1) is 0 Å². The highest BCUT2D eigenvalue weighted by Crippen LogP contribution is 2.48. The fourth-order valence-corrected chi connectivity index (χ4v) is 3.97. The molecule has 1 radical (unpaired) electrons. The highest BCUT2D eigenvalue weighted by Gasteiger charge is 2.72. The summed E-state index contributed by atoms with van der Waals surface area (Å²) in [5.74, 6) is -11.0. The fourth-order valence-electron chi connectivity index (χ4n) is 1.78. The SMILES string of the molecule is FC(F)(F)C(F)(F)C(F)(F)CCC[Si]1CCCCO1. The van der Waals surface area contributed by atoms with Gasteiger partial charge in [-0.05, 0) is 24.9 Å². The van der Waals surface area contributed by atoms with Gasteiger partial charge in [0, 0.05) is 13.0 Å². The summed E-state index contributed by atoms with van der Waals surface area (Å²) in [5.41, 5.74) is 0. The Labute approximate surface area is 107 Å². The normalized spacial score (nSPS) is 19.7. The lowest BCUT2D eigenvalue weighted by atomic mass is 10.1. The molecule has 0 N–H and O–H groups in total. The smallest absolute Gasteiger partial charge is 0.417 e. The van der Waals surface area contributed by atoms with E-state index in [1.165, 1.54) is 0 Å². The van der Waals surface area contributed by atoms with Crippen LogP contribution < -0.4 is 0 Å². The lowest BCUT2D eigenvalue weighted by molar-refractivity contribution is -0.355. The predicted molar refractivity (Wildman–Crippen MR) is 55.7 cm³/mol. The van der Waals surface area contributed by atoms with Crippen LogP contribution in [0.15, 0.2) is 0 Å². The molecule has 0 saturated carbocycles. The van der Waals surface area contributed by atoms with Crippen LogP contribution in [0.1, 0.15) is 25.7 Å². The van der Waals surface area contributed by atoms with Crippen molar-refractivity contribution in [3.8, 4) is 0 Å². The molecule has 0 bridgehead atoms. The number of halogens is 7. The summed E-state index contributed by atoms with van der Waals surface area (Å²) in [5, 5.41) is 0. The Morgan fingerprint density at radius 2 is 1.58 bits per heavy atom. The van der Waals surface area contributed by atoms with E-state index in [1.807, 2.05) is 0 Å². The average Bonchev–Trinajstić information content (AvgIpc) is 2.28. The van der Waals surface area contributed by atoms with E-state index in [0.29, 0.717) is 6.61 Å². The third-order valence-electron chi connectivity index (χ3n) is 2.92. The van der Waals surface area contributed by atoms with Gasteiger partial charge in [0.25, 0.3) is 0 Å². The second-order valence-corrected chi connectivity index (χ2v) is 6.84. The highest BCUT2D eigenvalue weighted by atomic mass is 28.3. The summed E-state index contributed by atoms with van der Waals surface area (Å²) < 4.78 is 91.9. The van der Waals surface area contributed by atoms with E-state index < -0.39 is 33.5 Å². The van der Waals surface area contributed by atoms with Gasteiger partial charge in [0.2, 0.25) is 9.04 Å². The highest BCUT2D eigenvalue weighted by molar-refractivity contribution is 6.51. The molecule has 1 fully saturated rings.